The normalized spacial score (nSPS) is 11.3. The zero-order valence-corrected chi connectivity index (χ0v) is 10.1. The molecule has 0 aliphatic rings. The summed E-state index contributed by atoms with van der Waals surface area (Å²) in [4.78, 5) is 10.9. The molecule has 0 aliphatic heterocycles. The summed E-state index contributed by atoms with van der Waals surface area (Å²) in [5.41, 5.74) is 2.85. The predicted octanol–water partition coefficient (Wildman–Crippen LogP) is 3.84. The van der Waals surface area contributed by atoms with E-state index in [2.05, 4.69) is 0 Å². The summed E-state index contributed by atoms with van der Waals surface area (Å²) in [6.45, 7) is 1.41. The highest BCUT2D eigenvalue weighted by molar-refractivity contribution is 5.93. The van der Waals surface area contributed by atoms with Crippen LogP contribution >= 0.6 is 0 Å². The van der Waals surface area contributed by atoms with Gasteiger partial charge in [-0.2, -0.15) is 0 Å². The standard InChI is InChI=1S/C16H14O2/c1-12(17)11-16(18)15-9-7-14(8-10-15)13-5-3-2-4-6-13/h2-11,18H,1H3. The van der Waals surface area contributed by atoms with Crippen molar-refractivity contribution in [3.63, 3.8) is 0 Å². The van der Waals surface area contributed by atoms with Crippen molar-refractivity contribution in [1.82, 2.24) is 0 Å². The van der Waals surface area contributed by atoms with E-state index in [0.29, 0.717) is 5.56 Å². The van der Waals surface area contributed by atoms with Crippen molar-refractivity contribution in [1.29, 1.82) is 0 Å². The molecule has 0 amide bonds. The average molecular weight is 238 g/mol. The molecule has 2 rings (SSSR count). The summed E-state index contributed by atoms with van der Waals surface area (Å²) in [6, 6.07) is 17.4. The third-order valence-electron chi connectivity index (χ3n) is 2.63. The summed E-state index contributed by atoms with van der Waals surface area (Å²) in [5, 5.41) is 9.69. The minimum absolute atomic E-state index is 0.00196. The minimum atomic E-state index is -0.167. The first-order valence-electron chi connectivity index (χ1n) is 5.74. The van der Waals surface area contributed by atoms with Gasteiger partial charge in [-0.05, 0) is 18.1 Å². The van der Waals surface area contributed by atoms with E-state index >= 15 is 0 Å². The van der Waals surface area contributed by atoms with Crippen LogP contribution in [0.3, 0.4) is 0 Å². The molecule has 0 saturated heterocycles. The van der Waals surface area contributed by atoms with Crippen molar-refractivity contribution in [3.8, 4) is 11.1 Å². The number of rotatable bonds is 3. The van der Waals surface area contributed by atoms with Crippen LogP contribution in [0.1, 0.15) is 12.5 Å². The molecule has 2 heteroatoms. The van der Waals surface area contributed by atoms with Gasteiger partial charge in [0.1, 0.15) is 5.76 Å². The Morgan fingerprint density at radius 1 is 0.944 bits per heavy atom. The second-order valence-electron chi connectivity index (χ2n) is 4.08. The molecule has 0 atom stereocenters. The van der Waals surface area contributed by atoms with E-state index in [0.717, 1.165) is 11.1 Å². The van der Waals surface area contributed by atoms with Crippen LogP contribution in [0.2, 0.25) is 0 Å². The summed E-state index contributed by atoms with van der Waals surface area (Å²) in [5.74, 6) is -0.165. The van der Waals surface area contributed by atoms with Crippen LogP contribution in [-0.2, 0) is 4.79 Å². The molecular weight excluding hydrogens is 224 g/mol. The maximum absolute atomic E-state index is 10.9. The Balaban J connectivity index is 2.29. The highest BCUT2D eigenvalue weighted by Gasteiger charge is 2.01. The molecule has 0 radical (unpaired) electrons. The van der Waals surface area contributed by atoms with Gasteiger partial charge in [0, 0.05) is 11.6 Å². The van der Waals surface area contributed by atoms with Gasteiger partial charge in [-0.15, -0.1) is 0 Å². The lowest BCUT2D eigenvalue weighted by molar-refractivity contribution is -0.112. The van der Waals surface area contributed by atoms with E-state index in [9.17, 15) is 9.90 Å². The van der Waals surface area contributed by atoms with Crippen molar-refractivity contribution < 1.29 is 9.90 Å². The van der Waals surface area contributed by atoms with Crippen LogP contribution in [0.25, 0.3) is 16.9 Å². The molecule has 0 spiro atoms. The lowest BCUT2D eigenvalue weighted by Gasteiger charge is -2.03. The lowest BCUT2D eigenvalue weighted by atomic mass is 10.0. The van der Waals surface area contributed by atoms with Crippen molar-refractivity contribution in [3.05, 3.63) is 66.2 Å². The first kappa shape index (κ1) is 12.1. The largest absolute Gasteiger partial charge is 0.507 e. The number of aliphatic hydroxyl groups excluding tert-OH is 1. The fraction of sp³-hybridized carbons (Fsp3) is 0.0625. The van der Waals surface area contributed by atoms with Gasteiger partial charge in [0.05, 0.1) is 0 Å². The Kier molecular flexibility index (Phi) is 3.58. The van der Waals surface area contributed by atoms with E-state index in [-0.39, 0.29) is 11.5 Å². The summed E-state index contributed by atoms with van der Waals surface area (Å²) in [7, 11) is 0. The van der Waals surface area contributed by atoms with Crippen LogP contribution in [0, 0.1) is 0 Å². The molecule has 2 aromatic rings. The number of hydrogen-bond acceptors (Lipinski definition) is 2. The molecule has 0 unspecified atom stereocenters. The van der Waals surface area contributed by atoms with E-state index in [4.69, 9.17) is 0 Å². The molecule has 1 N–H and O–H groups in total. The first-order chi connectivity index (χ1) is 8.66. The van der Waals surface area contributed by atoms with E-state index < -0.39 is 0 Å². The Morgan fingerprint density at radius 3 is 2.06 bits per heavy atom. The van der Waals surface area contributed by atoms with Crippen LogP contribution in [0.15, 0.2) is 60.7 Å². The molecule has 0 fully saturated rings. The van der Waals surface area contributed by atoms with Crippen LogP contribution in [-0.4, -0.2) is 10.9 Å². The Morgan fingerprint density at radius 2 is 1.50 bits per heavy atom. The van der Waals surface area contributed by atoms with Crippen molar-refractivity contribution in [2.24, 2.45) is 0 Å². The van der Waals surface area contributed by atoms with E-state index in [1.165, 1.54) is 13.0 Å². The summed E-state index contributed by atoms with van der Waals surface area (Å²) in [6.07, 6.45) is 1.22. The molecule has 2 aromatic carbocycles. The second-order valence-corrected chi connectivity index (χ2v) is 4.08. The van der Waals surface area contributed by atoms with Crippen molar-refractivity contribution in [2.45, 2.75) is 6.92 Å². The molecule has 2 nitrogen and oxygen atoms in total. The fourth-order valence-electron chi connectivity index (χ4n) is 1.74. The Labute approximate surface area is 106 Å². The SMILES string of the molecule is CC(=O)C=C(O)c1ccc(-c2ccccc2)cc1. The quantitative estimate of drug-likeness (QED) is 0.651. The number of benzene rings is 2. The summed E-state index contributed by atoms with van der Waals surface area (Å²) < 4.78 is 0. The van der Waals surface area contributed by atoms with Gasteiger partial charge in [-0.3, -0.25) is 4.79 Å². The smallest absolute Gasteiger partial charge is 0.156 e. The van der Waals surface area contributed by atoms with Crippen LogP contribution < -0.4 is 0 Å². The molecule has 0 aliphatic carbocycles. The lowest BCUT2D eigenvalue weighted by Crippen LogP contribution is -1.88. The third-order valence-corrected chi connectivity index (χ3v) is 2.63. The van der Waals surface area contributed by atoms with Gasteiger partial charge in [-0.25, -0.2) is 0 Å². The second kappa shape index (κ2) is 5.32. The van der Waals surface area contributed by atoms with Gasteiger partial charge in [0.15, 0.2) is 5.78 Å². The van der Waals surface area contributed by atoms with Gasteiger partial charge >= 0.3 is 0 Å². The maximum Gasteiger partial charge on any atom is 0.156 e. The van der Waals surface area contributed by atoms with Gasteiger partial charge in [-0.1, -0.05) is 54.6 Å². The number of carbonyl (C=O) groups excluding carboxylic acids is 1. The topological polar surface area (TPSA) is 37.3 Å². The molecule has 0 bridgehead atoms. The molecule has 0 heterocycles. The molecular formula is C16H14O2. The zero-order valence-electron chi connectivity index (χ0n) is 10.1. The van der Waals surface area contributed by atoms with Gasteiger partial charge in [0.2, 0.25) is 0 Å². The van der Waals surface area contributed by atoms with Gasteiger partial charge in [0.25, 0.3) is 0 Å². The number of aliphatic hydroxyl groups is 1. The number of hydrogen-bond donors (Lipinski definition) is 1. The van der Waals surface area contributed by atoms with Crippen molar-refractivity contribution in [2.75, 3.05) is 0 Å². The molecule has 18 heavy (non-hydrogen) atoms. The Bertz CT molecular complexity index is 566. The van der Waals surface area contributed by atoms with E-state index in [1.807, 2.05) is 42.5 Å². The number of ketones is 1. The first-order valence-corrected chi connectivity index (χ1v) is 5.74. The number of carbonyl (C=O) groups is 1. The van der Waals surface area contributed by atoms with Gasteiger partial charge < -0.3 is 5.11 Å². The Hall–Kier alpha value is -2.35. The van der Waals surface area contributed by atoms with Crippen LogP contribution in [0.5, 0.6) is 0 Å². The fourth-order valence-corrected chi connectivity index (χ4v) is 1.74. The van der Waals surface area contributed by atoms with Crippen molar-refractivity contribution >= 4 is 11.5 Å². The highest BCUT2D eigenvalue weighted by atomic mass is 16.3. The maximum atomic E-state index is 10.9. The molecule has 0 aromatic heterocycles. The molecule has 0 saturated carbocycles. The minimum Gasteiger partial charge on any atom is -0.507 e. The van der Waals surface area contributed by atoms with Crippen LogP contribution in [0.4, 0.5) is 0 Å². The molecule has 90 valence electrons. The predicted molar refractivity (Wildman–Crippen MR) is 73.2 cm³/mol. The zero-order chi connectivity index (χ0) is 13.0. The van der Waals surface area contributed by atoms with E-state index in [1.54, 1.807) is 12.1 Å². The third kappa shape index (κ3) is 2.86. The monoisotopic (exact) mass is 238 g/mol. The highest BCUT2D eigenvalue weighted by Crippen LogP contribution is 2.21. The average Bonchev–Trinajstić information content (AvgIpc) is 2.39. The summed E-state index contributed by atoms with van der Waals surface area (Å²) >= 11 is 0. The number of allylic oxidation sites excluding steroid dienone is 1.